The summed E-state index contributed by atoms with van der Waals surface area (Å²) in [5.74, 6) is -0.591. The van der Waals surface area contributed by atoms with Gasteiger partial charge in [0, 0.05) is 6.54 Å². The Morgan fingerprint density at radius 3 is 2.81 bits per heavy atom. The van der Waals surface area contributed by atoms with E-state index >= 15 is 0 Å². The van der Waals surface area contributed by atoms with E-state index in [1.54, 1.807) is 12.1 Å². The lowest BCUT2D eigenvalue weighted by Crippen LogP contribution is -2.40. The molecule has 0 saturated carbocycles. The molecule has 2 aliphatic heterocycles. The molecule has 1 saturated heterocycles. The van der Waals surface area contributed by atoms with E-state index in [9.17, 15) is 18.3 Å². The first-order valence-corrected chi connectivity index (χ1v) is 8.09. The Morgan fingerprint density at radius 2 is 2.05 bits per heavy atom. The van der Waals surface area contributed by atoms with Crippen molar-refractivity contribution in [1.82, 2.24) is 4.31 Å². The zero-order valence-electron chi connectivity index (χ0n) is 11.2. The van der Waals surface area contributed by atoms with E-state index in [1.165, 1.54) is 6.07 Å². The van der Waals surface area contributed by atoms with Crippen molar-refractivity contribution in [1.29, 1.82) is 0 Å². The van der Waals surface area contributed by atoms with Gasteiger partial charge in [0.1, 0.15) is 24.2 Å². The summed E-state index contributed by atoms with van der Waals surface area (Å²) < 4.78 is 37.3. The van der Waals surface area contributed by atoms with Crippen LogP contribution in [-0.2, 0) is 14.8 Å². The lowest BCUT2D eigenvalue weighted by atomic mass is 10.2. The molecule has 1 atom stereocenters. The van der Waals surface area contributed by atoms with Crippen LogP contribution in [0.5, 0.6) is 11.5 Å². The fraction of sp³-hybridized carbons (Fsp3) is 0.462. The van der Waals surface area contributed by atoms with Crippen LogP contribution in [0.3, 0.4) is 0 Å². The van der Waals surface area contributed by atoms with Gasteiger partial charge in [0.05, 0.1) is 0 Å². The molecule has 1 fully saturated rings. The molecule has 3 rings (SSSR count). The Hall–Kier alpha value is -1.80. The number of hydrogen-bond donors (Lipinski definition) is 1. The van der Waals surface area contributed by atoms with Crippen molar-refractivity contribution in [2.24, 2.45) is 0 Å². The number of para-hydroxylation sites is 1. The predicted octanol–water partition coefficient (Wildman–Crippen LogP) is 0.695. The normalized spacial score (nSPS) is 22.2. The monoisotopic (exact) mass is 313 g/mol. The lowest BCUT2D eigenvalue weighted by Gasteiger charge is -2.25. The van der Waals surface area contributed by atoms with Gasteiger partial charge in [-0.2, -0.15) is 4.31 Å². The van der Waals surface area contributed by atoms with Crippen LogP contribution in [0.2, 0.25) is 0 Å². The van der Waals surface area contributed by atoms with Crippen LogP contribution in [0, 0.1) is 0 Å². The van der Waals surface area contributed by atoms with Crippen molar-refractivity contribution in [2.75, 3.05) is 19.8 Å². The fourth-order valence-electron chi connectivity index (χ4n) is 2.65. The maximum Gasteiger partial charge on any atom is 0.322 e. The van der Waals surface area contributed by atoms with Crippen LogP contribution >= 0.6 is 0 Å². The number of fused-ring (bicyclic) bond motifs is 1. The van der Waals surface area contributed by atoms with Crippen molar-refractivity contribution < 1.29 is 27.8 Å². The smallest absolute Gasteiger partial charge is 0.322 e. The predicted molar refractivity (Wildman–Crippen MR) is 72.0 cm³/mol. The minimum Gasteiger partial charge on any atom is -0.486 e. The topological polar surface area (TPSA) is 93.1 Å². The third kappa shape index (κ3) is 2.34. The second-order valence-electron chi connectivity index (χ2n) is 4.89. The van der Waals surface area contributed by atoms with Crippen molar-refractivity contribution in [2.45, 2.75) is 23.8 Å². The van der Waals surface area contributed by atoms with Gasteiger partial charge < -0.3 is 14.6 Å². The van der Waals surface area contributed by atoms with Crippen molar-refractivity contribution in [3.05, 3.63) is 18.2 Å². The van der Waals surface area contributed by atoms with Crippen molar-refractivity contribution in [3.8, 4) is 11.5 Å². The highest BCUT2D eigenvalue weighted by molar-refractivity contribution is 7.89. The molecule has 1 aromatic carbocycles. The number of carboxylic acids is 1. The average molecular weight is 313 g/mol. The first-order chi connectivity index (χ1) is 10.0. The number of aliphatic carboxylic acids is 1. The van der Waals surface area contributed by atoms with Gasteiger partial charge >= 0.3 is 5.97 Å². The van der Waals surface area contributed by atoms with E-state index in [-0.39, 0.29) is 23.8 Å². The van der Waals surface area contributed by atoms with Crippen LogP contribution < -0.4 is 9.47 Å². The van der Waals surface area contributed by atoms with Gasteiger partial charge in [-0.05, 0) is 25.0 Å². The van der Waals surface area contributed by atoms with Gasteiger partial charge in [-0.25, -0.2) is 8.42 Å². The van der Waals surface area contributed by atoms with E-state index in [2.05, 4.69) is 0 Å². The van der Waals surface area contributed by atoms with Crippen molar-refractivity contribution >= 4 is 16.0 Å². The molecule has 8 heteroatoms. The van der Waals surface area contributed by atoms with Crippen molar-refractivity contribution in [3.63, 3.8) is 0 Å². The molecule has 0 radical (unpaired) electrons. The molecule has 2 heterocycles. The maximum absolute atomic E-state index is 12.7. The Labute approximate surface area is 122 Å². The summed E-state index contributed by atoms with van der Waals surface area (Å²) in [5, 5.41) is 9.17. The van der Waals surface area contributed by atoms with E-state index < -0.39 is 22.0 Å². The lowest BCUT2D eigenvalue weighted by molar-refractivity contribution is -0.140. The Morgan fingerprint density at radius 1 is 1.29 bits per heavy atom. The van der Waals surface area contributed by atoms with Crippen LogP contribution in [0.1, 0.15) is 12.8 Å². The summed E-state index contributed by atoms with van der Waals surface area (Å²) in [5.41, 5.74) is 0. The molecule has 1 aromatic rings. The molecule has 114 valence electrons. The van der Waals surface area contributed by atoms with Gasteiger partial charge in [-0.3, -0.25) is 4.79 Å². The zero-order chi connectivity index (χ0) is 15.0. The summed E-state index contributed by atoms with van der Waals surface area (Å²) in [6.07, 6.45) is 0.851. The van der Waals surface area contributed by atoms with E-state index in [1.807, 2.05) is 0 Å². The Kier molecular flexibility index (Phi) is 3.50. The van der Waals surface area contributed by atoms with E-state index in [0.717, 1.165) is 4.31 Å². The molecular formula is C13H15NO6S. The van der Waals surface area contributed by atoms with Gasteiger partial charge in [0.2, 0.25) is 10.0 Å². The zero-order valence-corrected chi connectivity index (χ0v) is 12.0. The third-order valence-corrected chi connectivity index (χ3v) is 5.54. The molecule has 0 amide bonds. The standard InChI is InChI=1S/C13H15NO6S/c15-13(16)9-3-2-6-14(9)21(17,18)11-5-1-4-10-12(11)20-8-7-19-10/h1,4-5,9H,2-3,6-8H2,(H,15,16)/t9-/m1/s1. The second-order valence-corrected chi connectivity index (χ2v) is 6.75. The molecule has 0 unspecified atom stereocenters. The number of rotatable bonds is 3. The Balaban J connectivity index is 2.05. The molecular weight excluding hydrogens is 298 g/mol. The van der Waals surface area contributed by atoms with Crippen LogP contribution in [0.4, 0.5) is 0 Å². The number of sulfonamides is 1. The minimum absolute atomic E-state index is 0.0344. The second kappa shape index (κ2) is 5.19. The van der Waals surface area contributed by atoms with Crippen LogP contribution in [-0.4, -0.2) is 49.6 Å². The first kappa shape index (κ1) is 14.2. The summed E-state index contributed by atoms with van der Waals surface area (Å²) >= 11 is 0. The molecule has 7 nitrogen and oxygen atoms in total. The first-order valence-electron chi connectivity index (χ1n) is 6.65. The average Bonchev–Trinajstić information content (AvgIpc) is 2.97. The molecule has 2 aliphatic rings. The maximum atomic E-state index is 12.7. The SMILES string of the molecule is O=C(O)[C@H]1CCCN1S(=O)(=O)c1cccc2c1OCCO2. The quantitative estimate of drug-likeness (QED) is 0.883. The number of carboxylic acid groups (broad SMARTS) is 1. The Bertz CT molecular complexity index is 671. The fourth-order valence-corrected chi connectivity index (χ4v) is 4.45. The number of carbonyl (C=O) groups is 1. The molecule has 1 N–H and O–H groups in total. The third-order valence-electron chi connectivity index (χ3n) is 3.61. The summed E-state index contributed by atoms with van der Waals surface area (Å²) in [6, 6.07) is 3.59. The summed E-state index contributed by atoms with van der Waals surface area (Å²) in [7, 11) is -3.93. The van der Waals surface area contributed by atoms with Gasteiger partial charge in [-0.15, -0.1) is 0 Å². The highest BCUT2D eigenvalue weighted by Crippen LogP contribution is 2.39. The molecule has 0 spiro atoms. The van der Waals surface area contributed by atoms with Gasteiger partial charge in [-0.1, -0.05) is 6.07 Å². The molecule has 0 aromatic heterocycles. The highest BCUT2D eigenvalue weighted by Gasteiger charge is 2.41. The van der Waals surface area contributed by atoms with E-state index in [4.69, 9.17) is 9.47 Å². The highest BCUT2D eigenvalue weighted by atomic mass is 32.2. The number of ether oxygens (including phenoxy) is 2. The molecule has 21 heavy (non-hydrogen) atoms. The van der Waals surface area contributed by atoms with Crippen LogP contribution in [0.25, 0.3) is 0 Å². The van der Waals surface area contributed by atoms with Gasteiger partial charge in [0.25, 0.3) is 0 Å². The van der Waals surface area contributed by atoms with Crippen LogP contribution in [0.15, 0.2) is 23.1 Å². The number of hydrogen-bond acceptors (Lipinski definition) is 5. The molecule has 0 aliphatic carbocycles. The summed E-state index contributed by atoms with van der Waals surface area (Å²) in [4.78, 5) is 11.2. The minimum atomic E-state index is -3.93. The number of nitrogens with zero attached hydrogens (tertiary/aromatic N) is 1. The van der Waals surface area contributed by atoms with E-state index in [0.29, 0.717) is 25.2 Å². The molecule has 0 bridgehead atoms. The number of benzene rings is 1. The van der Waals surface area contributed by atoms with Gasteiger partial charge in [0.15, 0.2) is 11.5 Å². The largest absolute Gasteiger partial charge is 0.486 e. The summed E-state index contributed by atoms with van der Waals surface area (Å²) in [6.45, 7) is 0.823.